The number of hydrogen-bond acceptors (Lipinski definition) is 4. The highest BCUT2D eigenvalue weighted by Gasteiger charge is 2.53. The van der Waals surface area contributed by atoms with Gasteiger partial charge < -0.3 is 4.90 Å². The van der Waals surface area contributed by atoms with E-state index in [1.807, 2.05) is 23.1 Å². The Morgan fingerprint density at radius 3 is 1.62 bits per heavy atom. The Morgan fingerprint density at radius 2 is 0.959 bits per heavy atom. The lowest BCUT2D eigenvalue weighted by molar-refractivity contribution is 0.517. The number of aryl methyl sites for hydroxylation is 1. The molecule has 1 atom stereocenters. The summed E-state index contributed by atoms with van der Waals surface area (Å²) in [5.41, 5.74) is 20.1. The van der Waals surface area contributed by atoms with Gasteiger partial charge in [-0.25, -0.2) is 0 Å². The van der Waals surface area contributed by atoms with E-state index in [0.717, 1.165) is 16.3 Å². The molecule has 0 amide bonds. The van der Waals surface area contributed by atoms with Crippen molar-refractivity contribution in [3.05, 3.63) is 298 Å². The number of nitrogens with zero attached hydrogens (tertiary/aromatic N) is 1. The molecule has 0 radical (unpaired) electrons. The maximum Gasteiger partial charge on any atom is 0.0736 e. The van der Waals surface area contributed by atoms with Crippen LogP contribution in [0.1, 0.15) is 57.9 Å². The van der Waals surface area contributed by atoms with Gasteiger partial charge in [0, 0.05) is 46.2 Å². The molecule has 4 heteroatoms. The third kappa shape index (κ3) is 6.02. The van der Waals surface area contributed by atoms with Crippen molar-refractivity contribution in [1.29, 1.82) is 0 Å². The molecule has 352 valence electrons. The summed E-state index contributed by atoms with van der Waals surface area (Å²) in [6, 6.07) is 87.0. The van der Waals surface area contributed by atoms with Gasteiger partial charge in [0.1, 0.15) is 0 Å². The van der Waals surface area contributed by atoms with Crippen LogP contribution in [0.25, 0.3) is 53.6 Å². The summed E-state index contributed by atoms with van der Waals surface area (Å²) in [4.78, 5) is 6.25. The van der Waals surface area contributed by atoms with Crippen molar-refractivity contribution in [1.82, 2.24) is 0 Å². The molecule has 3 aliphatic carbocycles. The third-order valence-corrected chi connectivity index (χ3v) is 19.5. The lowest BCUT2D eigenvalue weighted by Gasteiger charge is -2.48. The summed E-state index contributed by atoms with van der Waals surface area (Å²) >= 11 is 9.32. The highest BCUT2D eigenvalue weighted by molar-refractivity contribution is 7.99. The van der Waals surface area contributed by atoms with E-state index >= 15 is 0 Å². The maximum absolute atomic E-state index is 5.55. The summed E-state index contributed by atoms with van der Waals surface area (Å²) < 4.78 is 2.63. The molecule has 1 aromatic heterocycles. The normalized spacial score (nSPS) is 17.2. The van der Waals surface area contributed by atoms with Crippen molar-refractivity contribution in [2.45, 2.75) is 46.4 Å². The van der Waals surface area contributed by atoms with Crippen molar-refractivity contribution >= 4 is 67.3 Å². The van der Waals surface area contributed by atoms with Crippen molar-refractivity contribution in [3.63, 3.8) is 0 Å². The lowest BCUT2D eigenvalue weighted by atomic mass is 9.62. The fourth-order valence-electron chi connectivity index (χ4n) is 13.9. The molecule has 0 saturated carbocycles. The minimum atomic E-state index is -0.587. The van der Waals surface area contributed by atoms with E-state index in [-0.39, 0.29) is 0 Å². The summed E-state index contributed by atoms with van der Waals surface area (Å²) in [7, 11) is 0. The van der Waals surface area contributed by atoms with Gasteiger partial charge in [0.2, 0.25) is 0 Å². The number of allylic oxidation sites excluding steroid dienone is 1. The number of benzene rings is 10. The Labute approximate surface area is 446 Å². The number of fused-ring (bicyclic) bond motifs is 15. The monoisotopic (exact) mass is 999 g/mol. The molecule has 74 heavy (non-hydrogen) atoms. The van der Waals surface area contributed by atoms with E-state index in [4.69, 9.17) is 12.6 Å². The standard InChI is InChI=1S/C70H49NS3/c1-44-18-3-9-25-54(44)69(55-26-10-4-19-49(55)50-20-5-11-27-56(50)69)61-43-68(2,41-40-62(61)72)71(46-36-34-45(35-37-46)48-24-17-33-66-67(48)53-23-8-15-31-63(53)73-66)47-38-39-65-60(42-47)70(59-30-14-16-32-64(59)74-65)57-28-12-6-21-51(57)52-22-7-13-29-58(52)70/h3-42,72H,43H2,1-2H3. The summed E-state index contributed by atoms with van der Waals surface area (Å²) in [6.07, 6.45) is 5.46. The van der Waals surface area contributed by atoms with Gasteiger partial charge in [-0.05, 0) is 152 Å². The zero-order valence-corrected chi connectivity index (χ0v) is 43.5. The third-order valence-electron chi connectivity index (χ3n) is 16.8. The second-order valence-electron chi connectivity index (χ2n) is 20.7. The van der Waals surface area contributed by atoms with Gasteiger partial charge in [-0.1, -0.05) is 206 Å². The molecule has 11 aromatic rings. The van der Waals surface area contributed by atoms with Gasteiger partial charge >= 0.3 is 0 Å². The highest BCUT2D eigenvalue weighted by atomic mass is 32.2. The molecule has 10 aromatic carbocycles. The summed E-state index contributed by atoms with van der Waals surface area (Å²) in [5, 5.41) is 2.63. The number of thiophene rings is 1. The van der Waals surface area contributed by atoms with Gasteiger partial charge in [0.05, 0.1) is 16.4 Å². The largest absolute Gasteiger partial charge is 0.332 e. The van der Waals surface area contributed by atoms with Crippen LogP contribution in [0.5, 0.6) is 0 Å². The van der Waals surface area contributed by atoms with Crippen LogP contribution in [-0.4, -0.2) is 5.54 Å². The van der Waals surface area contributed by atoms with Gasteiger partial charge in [-0.15, -0.1) is 24.0 Å². The van der Waals surface area contributed by atoms with Crippen LogP contribution in [-0.2, 0) is 10.8 Å². The van der Waals surface area contributed by atoms with Gasteiger partial charge in [-0.2, -0.15) is 0 Å². The highest BCUT2D eigenvalue weighted by Crippen LogP contribution is 2.64. The molecule has 0 bridgehead atoms. The first kappa shape index (κ1) is 43.9. The molecule has 1 unspecified atom stereocenters. The minimum Gasteiger partial charge on any atom is -0.332 e. The van der Waals surface area contributed by atoms with E-state index < -0.39 is 16.4 Å². The summed E-state index contributed by atoms with van der Waals surface area (Å²) in [6.45, 7) is 4.73. The first-order chi connectivity index (χ1) is 36.4. The topological polar surface area (TPSA) is 3.24 Å². The average molecular weight is 1000 g/mol. The van der Waals surface area contributed by atoms with E-state index in [1.54, 1.807) is 0 Å². The smallest absolute Gasteiger partial charge is 0.0736 e. The van der Waals surface area contributed by atoms with E-state index in [9.17, 15) is 0 Å². The molecule has 0 saturated heterocycles. The first-order valence-corrected chi connectivity index (χ1v) is 27.8. The van der Waals surface area contributed by atoms with E-state index in [1.165, 1.54) is 113 Å². The predicted octanol–water partition coefficient (Wildman–Crippen LogP) is 18.9. The number of hydrogen-bond donors (Lipinski definition) is 1. The Balaban J connectivity index is 0.966. The zero-order chi connectivity index (χ0) is 49.3. The van der Waals surface area contributed by atoms with Crippen LogP contribution >= 0.6 is 35.7 Å². The van der Waals surface area contributed by atoms with E-state index in [0.29, 0.717) is 6.42 Å². The Bertz CT molecular complexity index is 4120. The molecule has 0 fully saturated rings. The number of rotatable bonds is 6. The van der Waals surface area contributed by atoms with Crippen LogP contribution < -0.4 is 4.90 Å². The van der Waals surface area contributed by atoms with Crippen LogP contribution in [0.3, 0.4) is 0 Å². The molecule has 15 rings (SSSR count). The molecule has 1 aliphatic heterocycles. The molecule has 4 aliphatic rings. The molecule has 2 heterocycles. The molecular weight excluding hydrogens is 951 g/mol. The summed E-state index contributed by atoms with van der Waals surface area (Å²) in [5.74, 6) is 0. The number of thiol groups is 1. The minimum absolute atomic E-state index is 0.517. The van der Waals surface area contributed by atoms with Gasteiger partial charge in [-0.3, -0.25) is 0 Å². The van der Waals surface area contributed by atoms with Crippen LogP contribution in [0, 0.1) is 6.92 Å². The lowest BCUT2D eigenvalue weighted by Crippen LogP contribution is -2.46. The predicted molar refractivity (Wildman–Crippen MR) is 316 cm³/mol. The van der Waals surface area contributed by atoms with Crippen molar-refractivity contribution in [2.24, 2.45) is 0 Å². The second kappa shape index (κ2) is 16.5. The molecular formula is C70H49NS3. The molecule has 0 N–H and O–H groups in total. The fourth-order valence-corrected chi connectivity index (χ4v) is 16.5. The van der Waals surface area contributed by atoms with Crippen molar-refractivity contribution in [2.75, 3.05) is 4.90 Å². The van der Waals surface area contributed by atoms with Crippen LogP contribution in [0.2, 0.25) is 0 Å². The molecule has 1 nitrogen and oxygen atoms in total. The Hall–Kier alpha value is -7.60. The fraction of sp³-hybridized carbons (Fsp3) is 0.0857. The average Bonchev–Trinajstić information content (AvgIpc) is 4.21. The van der Waals surface area contributed by atoms with Crippen LogP contribution in [0.15, 0.2) is 263 Å². The SMILES string of the molecule is Cc1ccccc1C1(C2=C(S)C=CC(C)(N(c3ccc(-c4cccc5sc6ccccc6c45)cc3)c3ccc4c(c3)C3(c5ccccc5S4)c4ccccc4-c4ccccc43)C2)c2ccccc2-c2ccccc21. The Morgan fingerprint density at radius 1 is 0.446 bits per heavy atom. The molecule has 1 spiro atoms. The number of anilines is 2. The van der Waals surface area contributed by atoms with Gasteiger partial charge in [0.25, 0.3) is 0 Å². The second-order valence-corrected chi connectivity index (χ2v) is 23.3. The maximum atomic E-state index is 5.55. The van der Waals surface area contributed by atoms with Gasteiger partial charge in [0.15, 0.2) is 0 Å². The van der Waals surface area contributed by atoms with E-state index in [2.05, 4.69) is 261 Å². The quantitative estimate of drug-likeness (QED) is 0.165. The Kier molecular flexibility index (Phi) is 9.77. The van der Waals surface area contributed by atoms with Crippen molar-refractivity contribution < 1.29 is 0 Å². The van der Waals surface area contributed by atoms with Crippen LogP contribution in [0.4, 0.5) is 11.4 Å². The van der Waals surface area contributed by atoms with Crippen molar-refractivity contribution in [3.8, 4) is 33.4 Å². The zero-order valence-electron chi connectivity index (χ0n) is 41.0. The first-order valence-electron chi connectivity index (χ1n) is 25.7.